The van der Waals surface area contributed by atoms with Crippen molar-refractivity contribution in [2.24, 2.45) is 0 Å². The minimum Gasteiger partial charge on any atom is -0.497 e. The fourth-order valence-corrected chi connectivity index (χ4v) is 3.83. The van der Waals surface area contributed by atoms with Gasteiger partial charge in [0.05, 0.1) is 28.4 Å². The zero-order chi connectivity index (χ0) is 22.8. The maximum Gasteiger partial charge on any atom is 0.329 e. The van der Waals surface area contributed by atoms with Gasteiger partial charge in [0.25, 0.3) is 5.91 Å². The fraction of sp³-hybridized carbons (Fsp3) is 0.391. The summed E-state index contributed by atoms with van der Waals surface area (Å²) in [6.07, 6.45) is 0. The molecule has 0 aliphatic carbocycles. The van der Waals surface area contributed by atoms with Crippen LogP contribution in [0.1, 0.15) is 23.6 Å². The van der Waals surface area contributed by atoms with Crippen molar-refractivity contribution in [1.82, 2.24) is 10.2 Å². The van der Waals surface area contributed by atoms with Crippen LogP contribution in [-0.2, 0) is 16.9 Å². The first-order chi connectivity index (χ1) is 14.7. The first kappa shape index (κ1) is 22.4. The van der Waals surface area contributed by atoms with Crippen molar-refractivity contribution < 1.29 is 28.7 Å². The molecule has 8 nitrogen and oxygen atoms in total. The maximum atomic E-state index is 13.2. The van der Waals surface area contributed by atoms with Crippen molar-refractivity contribution in [1.29, 1.82) is 0 Å². The molecule has 1 fully saturated rings. The van der Waals surface area contributed by atoms with E-state index in [0.717, 1.165) is 16.0 Å². The van der Waals surface area contributed by atoms with Crippen LogP contribution in [-0.4, -0.2) is 51.9 Å². The lowest BCUT2D eigenvalue weighted by atomic mass is 9.92. The number of carbonyl (C=O) groups is 2. The quantitative estimate of drug-likeness (QED) is 0.623. The number of aryl methyl sites for hydroxylation is 1. The number of rotatable bonds is 8. The normalized spacial score (nSPS) is 19.2. The van der Waals surface area contributed by atoms with Gasteiger partial charge in [-0.15, -0.1) is 0 Å². The molecule has 2 atom stereocenters. The number of hydrogen-bond acceptors (Lipinski definition) is 5. The van der Waals surface area contributed by atoms with Crippen molar-refractivity contribution >= 4 is 11.9 Å². The standard InChI is InChI=1S/C23H29N3O5/c1-15-10-19(30-5)20(31-6)11-16(15)13-25(3)14-26-21(27)23(2,24-22(26)28)17-8-7-9-18(12-17)29-4/h7-12H,13-14H2,1-6H3,(H,24,28)/p+1/t23-/m0/s1. The van der Waals surface area contributed by atoms with Crippen LogP contribution in [0.15, 0.2) is 36.4 Å². The summed E-state index contributed by atoms with van der Waals surface area (Å²) in [6, 6.07) is 10.6. The third kappa shape index (κ3) is 4.29. The second-order valence-corrected chi connectivity index (χ2v) is 7.95. The molecule has 0 spiro atoms. The second kappa shape index (κ2) is 8.85. The zero-order valence-corrected chi connectivity index (χ0v) is 18.9. The molecule has 2 aromatic rings. The summed E-state index contributed by atoms with van der Waals surface area (Å²) in [5, 5.41) is 2.84. The first-order valence-electron chi connectivity index (χ1n) is 10.0. The Labute approximate surface area is 182 Å². The number of amides is 3. The molecule has 3 amide bonds. The molecule has 1 heterocycles. The van der Waals surface area contributed by atoms with Gasteiger partial charge in [-0.05, 0) is 49.2 Å². The Balaban J connectivity index is 1.77. The molecule has 1 saturated heterocycles. The van der Waals surface area contributed by atoms with Gasteiger partial charge in [0.1, 0.15) is 17.8 Å². The number of methoxy groups -OCH3 is 3. The Bertz CT molecular complexity index is 993. The molecule has 0 saturated carbocycles. The third-order valence-electron chi connectivity index (χ3n) is 5.68. The van der Waals surface area contributed by atoms with E-state index in [1.54, 1.807) is 46.5 Å². The highest BCUT2D eigenvalue weighted by Crippen LogP contribution is 2.31. The van der Waals surface area contributed by atoms with Crippen molar-refractivity contribution in [3.63, 3.8) is 0 Å². The third-order valence-corrected chi connectivity index (χ3v) is 5.68. The molecular formula is C23H30N3O5+. The monoisotopic (exact) mass is 428 g/mol. The van der Waals surface area contributed by atoms with Crippen LogP contribution in [0.5, 0.6) is 17.2 Å². The zero-order valence-electron chi connectivity index (χ0n) is 18.9. The van der Waals surface area contributed by atoms with E-state index in [9.17, 15) is 9.59 Å². The summed E-state index contributed by atoms with van der Waals surface area (Å²) >= 11 is 0. The van der Waals surface area contributed by atoms with Crippen LogP contribution in [0.2, 0.25) is 0 Å². The Morgan fingerprint density at radius 3 is 2.35 bits per heavy atom. The van der Waals surface area contributed by atoms with Gasteiger partial charge in [0.2, 0.25) is 0 Å². The molecule has 0 bridgehead atoms. The molecule has 8 heteroatoms. The van der Waals surface area contributed by atoms with Crippen LogP contribution in [0.3, 0.4) is 0 Å². The molecule has 2 N–H and O–H groups in total. The average molecular weight is 429 g/mol. The molecule has 1 aliphatic heterocycles. The maximum absolute atomic E-state index is 13.2. The smallest absolute Gasteiger partial charge is 0.329 e. The highest BCUT2D eigenvalue weighted by molar-refractivity contribution is 6.07. The molecule has 0 radical (unpaired) electrons. The van der Waals surface area contributed by atoms with E-state index >= 15 is 0 Å². The van der Waals surface area contributed by atoms with Crippen molar-refractivity contribution in [2.75, 3.05) is 35.0 Å². The number of hydrogen-bond donors (Lipinski definition) is 2. The summed E-state index contributed by atoms with van der Waals surface area (Å²) in [4.78, 5) is 28.2. The molecule has 2 aromatic carbocycles. The van der Waals surface area contributed by atoms with Gasteiger partial charge in [-0.3, -0.25) is 4.79 Å². The van der Waals surface area contributed by atoms with E-state index in [1.807, 2.05) is 32.2 Å². The largest absolute Gasteiger partial charge is 0.497 e. The topological polar surface area (TPSA) is 81.5 Å². The molecular weight excluding hydrogens is 398 g/mol. The summed E-state index contributed by atoms with van der Waals surface area (Å²) < 4.78 is 16.0. The molecule has 31 heavy (non-hydrogen) atoms. The van der Waals surface area contributed by atoms with E-state index in [2.05, 4.69) is 5.32 Å². The predicted molar refractivity (Wildman–Crippen MR) is 115 cm³/mol. The molecule has 1 aliphatic rings. The van der Waals surface area contributed by atoms with Crippen molar-refractivity contribution in [3.05, 3.63) is 53.1 Å². The Hall–Kier alpha value is -3.26. The summed E-state index contributed by atoms with van der Waals surface area (Å²) in [6.45, 7) is 4.56. The number of benzene rings is 2. The van der Waals surface area contributed by atoms with Crippen LogP contribution in [0.25, 0.3) is 0 Å². The van der Waals surface area contributed by atoms with Crippen LogP contribution in [0, 0.1) is 6.92 Å². The second-order valence-electron chi connectivity index (χ2n) is 7.95. The highest BCUT2D eigenvalue weighted by Gasteiger charge is 2.50. The Morgan fingerprint density at radius 1 is 1.03 bits per heavy atom. The SMILES string of the molecule is COc1cccc([C@]2(C)NC(=O)N(C[NH+](C)Cc3cc(OC)c(OC)cc3C)C2=O)c1. The molecule has 0 aromatic heterocycles. The highest BCUT2D eigenvalue weighted by atomic mass is 16.5. The van der Waals surface area contributed by atoms with Gasteiger partial charge in [-0.1, -0.05) is 12.1 Å². The van der Waals surface area contributed by atoms with Gasteiger partial charge < -0.3 is 24.4 Å². The lowest BCUT2D eigenvalue weighted by Gasteiger charge is -2.24. The summed E-state index contributed by atoms with van der Waals surface area (Å²) in [5.41, 5.74) is 1.65. The molecule has 1 unspecified atom stereocenters. The van der Waals surface area contributed by atoms with Gasteiger partial charge in [0, 0.05) is 5.56 Å². The number of imide groups is 1. The average Bonchev–Trinajstić information content (AvgIpc) is 2.98. The number of carbonyl (C=O) groups excluding carboxylic acids is 2. The lowest BCUT2D eigenvalue weighted by molar-refractivity contribution is -0.901. The number of ether oxygens (including phenoxy) is 3. The van der Waals surface area contributed by atoms with Crippen LogP contribution < -0.4 is 24.4 Å². The Kier molecular flexibility index (Phi) is 6.40. The van der Waals surface area contributed by atoms with Crippen molar-refractivity contribution in [3.8, 4) is 17.2 Å². The Morgan fingerprint density at radius 2 is 1.71 bits per heavy atom. The summed E-state index contributed by atoms with van der Waals surface area (Å²) in [7, 11) is 6.71. The van der Waals surface area contributed by atoms with Gasteiger partial charge in [-0.2, -0.15) is 0 Å². The molecule has 166 valence electrons. The van der Waals surface area contributed by atoms with Gasteiger partial charge in [0.15, 0.2) is 18.2 Å². The van der Waals surface area contributed by atoms with E-state index in [0.29, 0.717) is 29.4 Å². The van der Waals surface area contributed by atoms with E-state index in [1.165, 1.54) is 4.90 Å². The number of nitrogens with zero attached hydrogens (tertiary/aromatic N) is 1. The van der Waals surface area contributed by atoms with Gasteiger partial charge >= 0.3 is 6.03 Å². The van der Waals surface area contributed by atoms with Crippen LogP contribution in [0.4, 0.5) is 4.79 Å². The van der Waals surface area contributed by atoms with E-state index in [-0.39, 0.29) is 12.6 Å². The van der Waals surface area contributed by atoms with E-state index in [4.69, 9.17) is 14.2 Å². The summed E-state index contributed by atoms with van der Waals surface area (Å²) in [5.74, 6) is 1.67. The molecule has 3 rings (SSSR count). The first-order valence-corrected chi connectivity index (χ1v) is 10.0. The number of urea groups is 1. The fourth-order valence-electron chi connectivity index (χ4n) is 3.83. The lowest BCUT2D eigenvalue weighted by Crippen LogP contribution is -3.09. The van der Waals surface area contributed by atoms with Crippen molar-refractivity contribution in [2.45, 2.75) is 25.9 Å². The number of nitrogens with one attached hydrogen (secondary N) is 2. The van der Waals surface area contributed by atoms with Crippen LogP contribution >= 0.6 is 0 Å². The predicted octanol–water partition coefficient (Wildman–Crippen LogP) is 1.46. The number of quaternary nitrogens is 1. The minimum atomic E-state index is -1.13. The van der Waals surface area contributed by atoms with E-state index < -0.39 is 11.6 Å². The minimum absolute atomic E-state index is 0.234. The van der Waals surface area contributed by atoms with Gasteiger partial charge in [-0.25, -0.2) is 9.69 Å².